The van der Waals surface area contributed by atoms with Crippen molar-refractivity contribution in [3.63, 3.8) is 0 Å². The molecule has 1 fully saturated rings. The molecule has 1 aliphatic carbocycles. The van der Waals surface area contributed by atoms with Crippen LogP contribution in [0.15, 0.2) is 6.20 Å². The van der Waals surface area contributed by atoms with Gasteiger partial charge in [0, 0.05) is 11.1 Å². The molecule has 0 bridgehead atoms. The third-order valence-electron chi connectivity index (χ3n) is 2.52. The molecular weight excluding hydrogens is 222 g/mol. The first-order valence-corrected chi connectivity index (χ1v) is 6.44. The van der Waals surface area contributed by atoms with Crippen molar-refractivity contribution in [1.29, 1.82) is 0 Å². The number of nitrogens with zero attached hydrogens (tertiary/aromatic N) is 1. The zero-order chi connectivity index (χ0) is 11.4. The Balaban J connectivity index is 1.59. The SMILES string of the molecule is Cc1cnc(CNC(=O)CNCC2CC2)s1. The van der Waals surface area contributed by atoms with E-state index in [0.717, 1.165) is 17.5 Å². The number of hydrogen-bond donors (Lipinski definition) is 2. The number of amides is 1. The standard InChI is InChI=1S/C11H17N3OS/c1-8-4-14-11(16-8)7-13-10(15)6-12-5-9-2-3-9/h4,9,12H,2-3,5-7H2,1H3,(H,13,15). The van der Waals surface area contributed by atoms with E-state index in [4.69, 9.17) is 0 Å². The van der Waals surface area contributed by atoms with Crippen molar-refractivity contribution in [3.8, 4) is 0 Å². The molecule has 88 valence electrons. The summed E-state index contributed by atoms with van der Waals surface area (Å²) in [6.45, 7) is 3.95. The molecule has 1 saturated carbocycles. The van der Waals surface area contributed by atoms with Crippen LogP contribution in [0.5, 0.6) is 0 Å². The highest BCUT2D eigenvalue weighted by atomic mass is 32.1. The quantitative estimate of drug-likeness (QED) is 0.780. The van der Waals surface area contributed by atoms with Gasteiger partial charge in [-0.2, -0.15) is 0 Å². The Morgan fingerprint density at radius 1 is 1.62 bits per heavy atom. The molecule has 2 rings (SSSR count). The van der Waals surface area contributed by atoms with E-state index in [0.29, 0.717) is 13.1 Å². The van der Waals surface area contributed by atoms with E-state index in [2.05, 4.69) is 15.6 Å². The Morgan fingerprint density at radius 2 is 2.44 bits per heavy atom. The van der Waals surface area contributed by atoms with E-state index >= 15 is 0 Å². The molecule has 1 aliphatic rings. The van der Waals surface area contributed by atoms with Gasteiger partial charge in [0.25, 0.3) is 0 Å². The monoisotopic (exact) mass is 239 g/mol. The lowest BCUT2D eigenvalue weighted by Gasteiger charge is -2.04. The van der Waals surface area contributed by atoms with Crippen molar-refractivity contribution in [2.45, 2.75) is 26.3 Å². The fourth-order valence-corrected chi connectivity index (χ4v) is 2.16. The molecule has 1 aromatic rings. The second-order valence-electron chi connectivity index (χ2n) is 4.22. The van der Waals surface area contributed by atoms with Gasteiger partial charge < -0.3 is 10.6 Å². The number of rotatable bonds is 6. The Kier molecular flexibility index (Phi) is 3.90. The summed E-state index contributed by atoms with van der Waals surface area (Å²) in [5, 5.41) is 6.98. The maximum atomic E-state index is 11.4. The molecule has 0 spiro atoms. The van der Waals surface area contributed by atoms with Gasteiger partial charge in [0.15, 0.2) is 0 Å². The van der Waals surface area contributed by atoms with E-state index in [1.807, 2.05) is 13.1 Å². The number of hydrogen-bond acceptors (Lipinski definition) is 4. The molecule has 0 radical (unpaired) electrons. The van der Waals surface area contributed by atoms with Gasteiger partial charge in [0.2, 0.25) is 5.91 Å². The Morgan fingerprint density at radius 3 is 3.06 bits per heavy atom. The van der Waals surface area contributed by atoms with Crippen molar-refractivity contribution in [2.75, 3.05) is 13.1 Å². The van der Waals surface area contributed by atoms with Gasteiger partial charge >= 0.3 is 0 Å². The zero-order valence-corrected chi connectivity index (χ0v) is 10.3. The van der Waals surface area contributed by atoms with Crippen LogP contribution in [0.3, 0.4) is 0 Å². The first-order valence-electron chi connectivity index (χ1n) is 5.63. The summed E-state index contributed by atoms with van der Waals surface area (Å²) in [4.78, 5) is 16.8. The van der Waals surface area contributed by atoms with Gasteiger partial charge in [-0.1, -0.05) is 0 Å². The number of carbonyl (C=O) groups is 1. The van der Waals surface area contributed by atoms with Crippen LogP contribution in [0.4, 0.5) is 0 Å². The van der Waals surface area contributed by atoms with Crippen molar-refractivity contribution in [2.24, 2.45) is 5.92 Å². The first kappa shape index (κ1) is 11.5. The summed E-state index contributed by atoms with van der Waals surface area (Å²) in [6.07, 6.45) is 4.46. The van der Waals surface area contributed by atoms with Gasteiger partial charge in [0.1, 0.15) is 5.01 Å². The Bertz CT molecular complexity index is 360. The van der Waals surface area contributed by atoms with Crippen LogP contribution in [0.2, 0.25) is 0 Å². The van der Waals surface area contributed by atoms with Crippen LogP contribution in [0, 0.1) is 12.8 Å². The highest BCUT2D eigenvalue weighted by Gasteiger charge is 2.20. The molecular formula is C11H17N3OS. The molecule has 0 unspecified atom stereocenters. The minimum atomic E-state index is 0.0495. The molecule has 0 aromatic carbocycles. The predicted molar refractivity (Wildman–Crippen MR) is 64.3 cm³/mol. The van der Waals surface area contributed by atoms with Crippen molar-refractivity contribution in [1.82, 2.24) is 15.6 Å². The van der Waals surface area contributed by atoms with Gasteiger partial charge in [-0.3, -0.25) is 4.79 Å². The number of aromatic nitrogens is 1. The van der Waals surface area contributed by atoms with E-state index in [-0.39, 0.29) is 5.91 Å². The van der Waals surface area contributed by atoms with Crippen LogP contribution in [-0.4, -0.2) is 24.0 Å². The van der Waals surface area contributed by atoms with Gasteiger partial charge in [-0.15, -0.1) is 11.3 Å². The molecule has 0 saturated heterocycles. The molecule has 1 amide bonds. The second kappa shape index (κ2) is 5.41. The summed E-state index contributed by atoms with van der Waals surface area (Å²) in [5.74, 6) is 0.864. The van der Waals surface area contributed by atoms with Crippen molar-refractivity contribution in [3.05, 3.63) is 16.1 Å². The lowest BCUT2D eigenvalue weighted by Crippen LogP contribution is -2.34. The summed E-state index contributed by atoms with van der Waals surface area (Å²) in [6, 6.07) is 0. The largest absolute Gasteiger partial charge is 0.348 e. The molecule has 2 N–H and O–H groups in total. The third-order valence-corrected chi connectivity index (χ3v) is 3.43. The molecule has 1 heterocycles. The summed E-state index contributed by atoms with van der Waals surface area (Å²) < 4.78 is 0. The average molecular weight is 239 g/mol. The van der Waals surface area contributed by atoms with E-state index in [9.17, 15) is 4.79 Å². The minimum Gasteiger partial charge on any atom is -0.348 e. The van der Waals surface area contributed by atoms with Crippen LogP contribution >= 0.6 is 11.3 Å². The van der Waals surface area contributed by atoms with Gasteiger partial charge in [-0.25, -0.2) is 4.98 Å². The molecule has 5 heteroatoms. The zero-order valence-electron chi connectivity index (χ0n) is 9.45. The highest BCUT2D eigenvalue weighted by molar-refractivity contribution is 7.11. The maximum Gasteiger partial charge on any atom is 0.234 e. The molecule has 1 aromatic heterocycles. The lowest BCUT2D eigenvalue weighted by atomic mass is 10.4. The van der Waals surface area contributed by atoms with E-state index < -0.39 is 0 Å². The minimum absolute atomic E-state index is 0.0495. The van der Waals surface area contributed by atoms with Crippen molar-refractivity contribution >= 4 is 17.2 Å². The molecule has 4 nitrogen and oxygen atoms in total. The van der Waals surface area contributed by atoms with Crippen molar-refractivity contribution < 1.29 is 4.79 Å². The van der Waals surface area contributed by atoms with E-state index in [1.54, 1.807) is 11.3 Å². The smallest absolute Gasteiger partial charge is 0.234 e. The third kappa shape index (κ3) is 3.90. The van der Waals surface area contributed by atoms with Gasteiger partial charge in [-0.05, 0) is 32.2 Å². The Hall–Kier alpha value is -0.940. The summed E-state index contributed by atoms with van der Waals surface area (Å²) in [7, 11) is 0. The van der Waals surface area contributed by atoms with Crippen LogP contribution < -0.4 is 10.6 Å². The van der Waals surface area contributed by atoms with Gasteiger partial charge in [0.05, 0.1) is 13.1 Å². The maximum absolute atomic E-state index is 11.4. The fourth-order valence-electron chi connectivity index (χ4n) is 1.43. The second-order valence-corrected chi connectivity index (χ2v) is 5.53. The summed E-state index contributed by atoms with van der Waals surface area (Å²) >= 11 is 1.62. The van der Waals surface area contributed by atoms with Crippen LogP contribution in [0.25, 0.3) is 0 Å². The Labute approximate surface area is 99.5 Å². The molecule has 16 heavy (non-hydrogen) atoms. The topological polar surface area (TPSA) is 54.0 Å². The normalized spacial score (nSPS) is 15.1. The average Bonchev–Trinajstić information content (AvgIpc) is 2.98. The summed E-state index contributed by atoms with van der Waals surface area (Å²) in [5.41, 5.74) is 0. The van der Waals surface area contributed by atoms with Crippen LogP contribution in [0.1, 0.15) is 22.7 Å². The predicted octanol–water partition coefficient (Wildman–Crippen LogP) is 1.07. The molecule has 0 atom stereocenters. The molecule has 0 aliphatic heterocycles. The lowest BCUT2D eigenvalue weighted by molar-refractivity contribution is -0.120. The first-order chi connectivity index (χ1) is 7.74. The number of nitrogens with one attached hydrogen (secondary N) is 2. The number of thiazole rings is 1. The number of aryl methyl sites for hydroxylation is 1. The number of carbonyl (C=O) groups excluding carboxylic acids is 1. The highest BCUT2D eigenvalue weighted by Crippen LogP contribution is 2.27. The van der Waals surface area contributed by atoms with E-state index in [1.165, 1.54) is 17.7 Å². The fraction of sp³-hybridized carbons (Fsp3) is 0.636. The van der Waals surface area contributed by atoms with Crippen LogP contribution in [-0.2, 0) is 11.3 Å².